The Morgan fingerprint density at radius 1 is 1.50 bits per heavy atom. The molecule has 18 heavy (non-hydrogen) atoms. The lowest BCUT2D eigenvalue weighted by Gasteiger charge is -2.28. The van der Waals surface area contributed by atoms with Gasteiger partial charge in [0.2, 0.25) is 0 Å². The molecule has 5 heteroatoms. The fourth-order valence-corrected chi connectivity index (χ4v) is 2.03. The van der Waals surface area contributed by atoms with Gasteiger partial charge in [-0.05, 0) is 26.0 Å². The zero-order valence-electron chi connectivity index (χ0n) is 10.2. The molecule has 94 valence electrons. The van der Waals surface area contributed by atoms with E-state index in [0.717, 1.165) is 16.8 Å². The highest BCUT2D eigenvalue weighted by atomic mass is 35.5. The molecule has 0 spiro atoms. The van der Waals surface area contributed by atoms with Crippen molar-refractivity contribution in [2.24, 2.45) is 10.9 Å². The largest absolute Gasteiger partial charge is 0.325 e. The Morgan fingerprint density at radius 3 is 2.89 bits per heavy atom. The summed E-state index contributed by atoms with van der Waals surface area (Å²) in [6.45, 7) is 3.74. The summed E-state index contributed by atoms with van der Waals surface area (Å²) in [6.07, 6.45) is 5.41. The van der Waals surface area contributed by atoms with E-state index in [1.807, 2.05) is 13.0 Å². The summed E-state index contributed by atoms with van der Waals surface area (Å²) in [5, 5.41) is 2.81. The third-order valence-electron chi connectivity index (χ3n) is 3.12. The van der Waals surface area contributed by atoms with Crippen LogP contribution in [-0.4, -0.2) is 23.4 Å². The summed E-state index contributed by atoms with van der Waals surface area (Å²) in [7, 11) is 0. The number of hydrogen-bond acceptors (Lipinski definition) is 2. The van der Waals surface area contributed by atoms with Gasteiger partial charge >= 0.3 is 0 Å². The standard InChI is InChI=1S/C13H13ClN2O2/c1-7-8(2)13(18)16-11-5-9(3-4-10(7)11)15-12(17)6-14/h3-5,10H,6H2,1-2H3,(H,16,18). The molecule has 2 amide bonds. The molecule has 0 bridgehead atoms. The minimum atomic E-state index is -0.391. The fraction of sp³-hybridized carbons (Fsp3) is 0.308. The van der Waals surface area contributed by atoms with E-state index in [1.165, 1.54) is 0 Å². The molecule has 0 fully saturated rings. The lowest BCUT2D eigenvalue weighted by molar-refractivity contribution is -0.117. The predicted molar refractivity (Wildman–Crippen MR) is 70.4 cm³/mol. The summed E-state index contributed by atoms with van der Waals surface area (Å²) in [5.74, 6) is -0.577. The first-order valence-electron chi connectivity index (χ1n) is 5.59. The minimum absolute atomic E-state index is 0.0627. The maximum absolute atomic E-state index is 11.7. The number of aliphatic imine (C=N–C) groups is 1. The molecule has 0 aromatic carbocycles. The Morgan fingerprint density at radius 2 is 2.22 bits per heavy atom. The van der Waals surface area contributed by atoms with Crippen LogP contribution >= 0.6 is 11.6 Å². The van der Waals surface area contributed by atoms with Crippen molar-refractivity contribution in [3.8, 4) is 0 Å². The molecule has 2 rings (SSSR count). The van der Waals surface area contributed by atoms with Crippen molar-refractivity contribution in [1.82, 2.24) is 5.32 Å². The van der Waals surface area contributed by atoms with Crippen LogP contribution in [-0.2, 0) is 9.59 Å². The number of nitrogens with one attached hydrogen (secondary N) is 1. The molecule has 0 aromatic heterocycles. The van der Waals surface area contributed by atoms with Crippen LogP contribution in [0.4, 0.5) is 0 Å². The molecule has 0 saturated carbocycles. The number of halogens is 1. The highest BCUT2D eigenvalue weighted by Crippen LogP contribution is 2.29. The van der Waals surface area contributed by atoms with Crippen molar-refractivity contribution < 1.29 is 9.59 Å². The van der Waals surface area contributed by atoms with E-state index >= 15 is 0 Å². The van der Waals surface area contributed by atoms with Gasteiger partial charge in [-0.15, -0.1) is 11.6 Å². The van der Waals surface area contributed by atoms with Gasteiger partial charge in [-0.3, -0.25) is 9.59 Å². The number of fused-ring (bicyclic) bond motifs is 1. The molecule has 0 saturated heterocycles. The normalized spacial score (nSPS) is 24.8. The number of rotatable bonds is 1. The Hall–Kier alpha value is -1.68. The maximum Gasteiger partial charge on any atom is 0.261 e. The summed E-state index contributed by atoms with van der Waals surface area (Å²) in [6, 6.07) is 0. The van der Waals surface area contributed by atoms with Crippen LogP contribution in [0.1, 0.15) is 13.8 Å². The minimum Gasteiger partial charge on any atom is -0.325 e. The zero-order valence-corrected chi connectivity index (χ0v) is 10.9. The van der Waals surface area contributed by atoms with Gasteiger partial charge in [-0.25, -0.2) is 4.99 Å². The number of amides is 2. The van der Waals surface area contributed by atoms with Gasteiger partial charge in [-0.1, -0.05) is 11.6 Å². The average molecular weight is 265 g/mol. The predicted octanol–water partition coefficient (Wildman–Crippen LogP) is 1.73. The molecule has 1 unspecified atom stereocenters. The number of carbonyl (C=O) groups is 2. The van der Waals surface area contributed by atoms with Gasteiger partial charge in [0.05, 0.1) is 5.71 Å². The van der Waals surface area contributed by atoms with Crippen molar-refractivity contribution in [3.05, 3.63) is 35.1 Å². The molecule has 2 aliphatic rings. The first-order valence-corrected chi connectivity index (χ1v) is 6.12. The van der Waals surface area contributed by atoms with Gasteiger partial charge in [0.1, 0.15) is 5.88 Å². The second kappa shape index (κ2) is 4.90. The zero-order chi connectivity index (χ0) is 13.3. The first-order chi connectivity index (χ1) is 8.52. The Balaban J connectivity index is 2.35. The van der Waals surface area contributed by atoms with Crippen molar-refractivity contribution in [1.29, 1.82) is 0 Å². The van der Waals surface area contributed by atoms with Crippen molar-refractivity contribution in [2.75, 3.05) is 5.88 Å². The smallest absolute Gasteiger partial charge is 0.261 e. The molecule has 1 aliphatic carbocycles. The van der Waals surface area contributed by atoms with E-state index < -0.39 is 5.91 Å². The Bertz CT molecular complexity index is 541. The van der Waals surface area contributed by atoms with Crippen molar-refractivity contribution >= 4 is 29.1 Å². The van der Waals surface area contributed by atoms with Gasteiger partial charge in [0, 0.05) is 17.2 Å². The molecule has 4 nitrogen and oxygen atoms in total. The monoisotopic (exact) mass is 264 g/mol. The van der Waals surface area contributed by atoms with E-state index in [1.54, 1.807) is 19.1 Å². The summed E-state index contributed by atoms with van der Waals surface area (Å²) in [4.78, 5) is 26.7. The van der Waals surface area contributed by atoms with E-state index in [4.69, 9.17) is 11.6 Å². The highest BCUT2D eigenvalue weighted by molar-refractivity contribution is 6.28. The maximum atomic E-state index is 11.7. The van der Waals surface area contributed by atoms with Crippen LogP contribution in [0.15, 0.2) is 40.1 Å². The number of hydrogen-bond donors (Lipinski definition) is 1. The summed E-state index contributed by atoms with van der Waals surface area (Å²) >= 11 is 5.40. The van der Waals surface area contributed by atoms with Crippen molar-refractivity contribution in [3.63, 3.8) is 0 Å². The molecule has 0 radical (unpaired) electrons. The lowest BCUT2D eigenvalue weighted by atomic mass is 9.85. The molecular formula is C13H13ClN2O2. The first kappa shape index (κ1) is 12.8. The van der Waals surface area contributed by atoms with Crippen molar-refractivity contribution in [2.45, 2.75) is 13.8 Å². The second-order valence-corrected chi connectivity index (χ2v) is 4.53. The molecule has 0 aromatic rings. The second-order valence-electron chi connectivity index (χ2n) is 4.26. The summed E-state index contributed by atoms with van der Waals surface area (Å²) < 4.78 is 0. The quantitative estimate of drug-likeness (QED) is 0.733. The average Bonchev–Trinajstić information content (AvgIpc) is 2.35. The van der Waals surface area contributed by atoms with Crippen LogP contribution in [0.25, 0.3) is 0 Å². The fourth-order valence-electron chi connectivity index (χ4n) is 1.97. The number of alkyl halides is 1. The number of carbonyl (C=O) groups excluding carboxylic acids is 2. The Labute approximate surface area is 110 Å². The molecule has 1 atom stereocenters. The SMILES string of the molecule is CC1=C(C)C2C=CC(=NC(=O)CCl)C=C2NC1=O. The number of allylic oxidation sites excluding steroid dienone is 3. The third-order valence-corrected chi connectivity index (χ3v) is 3.35. The van der Waals surface area contributed by atoms with Crippen LogP contribution in [0.3, 0.4) is 0 Å². The van der Waals surface area contributed by atoms with E-state index in [-0.39, 0.29) is 17.7 Å². The van der Waals surface area contributed by atoms with Crippen LogP contribution in [0.2, 0.25) is 0 Å². The van der Waals surface area contributed by atoms with E-state index in [0.29, 0.717) is 5.71 Å². The molecular weight excluding hydrogens is 252 g/mol. The topological polar surface area (TPSA) is 58.5 Å². The van der Waals surface area contributed by atoms with Gasteiger partial charge in [0.15, 0.2) is 0 Å². The lowest BCUT2D eigenvalue weighted by Crippen LogP contribution is -2.35. The Kier molecular flexibility index (Phi) is 3.48. The third kappa shape index (κ3) is 2.29. The van der Waals surface area contributed by atoms with Gasteiger partial charge in [0.25, 0.3) is 11.8 Å². The van der Waals surface area contributed by atoms with E-state index in [2.05, 4.69) is 10.3 Å². The van der Waals surface area contributed by atoms with Gasteiger partial charge in [-0.2, -0.15) is 0 Å². The number of nitrogens with zero attached hydrogens (tertiary/aromatic N) is 1. The van der Waals surface area contributed by atoms with Crippen LogP contribution < -0.4 is 5.32 Å². The van der Waals surface area contributed by atoms with Crippen LogP contribution in [0, 0.1) is 5.92 Å². The molecule has 1 N–H and O–H groups in total. The summed E-state index contributed by atoms with van der Waals surface area (Å²) in [5.41, 5.74) is 3.02. The van der Waals surface area contributed by atoms with Crippen LogP contribution in [0.5, 0.6) is 0 Å². The van der Waals surface area contributed by atoms with E-state index in [9.17, 15) is 9.59 Å². The highest BCUT2D eigenvalue weighted by Gasteiger charge is 2.27. The van der Waals surface area contributed by atoms with Gasteiger partial charge < -0.3 is 5.32 Å². The molecule has 1 aliphatic heterocycles. The molecule has 1 heterocycles.